The fourth-order valence-corrected chi connectivity index (χ4v) is 2.34. The molecule has 0 fully saturated rings. The van der Waals surface area contributed by atoms with E-state index in [2.05, 4.69) is 15.7 Å². The molecular formula is C16H16Cl2N4O3. The first-order chi connectivity index (χ1) is 11.9. The third-order valence-electron chi connectivity index (χ3n) is 3.35. The molecule has 0 unspecified atom stereocenters. The maximum Gasteiger partial charge on any atom is 0.287 e. The van der Waals surface area contributed by atoms with Crippen LogP contribution >= 0.6 is 23.2 Å². The molecule has 0 saturated heterocycles. The summed E-state index contributed by atoms with van der Waals surface area (Å²) in [4.78, 5) is 35.6. The summed E-state index contributed by atoms with van der Waals surface area (Å²) in [6.07, 6.45) is 1.95. The third-order valence-corrected chi connectivity index (χ3v) is 4.10. The molecule has 2 rings (SSSR count). The highest BCUT2D eigenvalue weighted by molar-refractivity contribution is 6.41. The Morgan fingerprint density at radius 1 is 1.20 bits per heavy atom. The number of nitrogens with one attached hydrogen (secondary N) is 2. The zero-order valence-corrected chi connectivity index (χ0v) is 14.9. The van der Waals surface area contributed by atoms with Gasteiger partial charge in [0.25, 0.3) is 5.56 Å². The predicted octanol–water partition coefficient (Wildman–Crippen LogP) is 1.87. The molecule has 0 bridgehead atoms. The highest BCUT2D eigenvalue weighted by Gasteiger charge is 2.12. The molecule has 2 aromatic rings. The van der Waals surface area contributed by atoms with Crippen molar-refractivity contribution in [1.82, 2.24) is 15.1 Å². The largest absolute Gasteiger partial charge is 0.345 e. The summed E-state index contributed by atoms with van der Waals surface area (Å²) in [6, 6.07) is 7.41. The van der Waals surface area contributed by atoms with Crippen LogP contribution < -0.4 is 16.2 Å². The van der Waals surface area contributed by atoms with E-state index < -0.39 is 11.5 Å². The van der Waals surface area contributed by atoms with Crippen LogP contribution in [0.25, 0.3) is 0 Å². The maximum absolute atomic E-state index is 12.0. The highest BCUT2D eigenvalue weighted by atomic mass is 35.5. The molecule has 1 aromatic heterocycles. The summed E-state index contributed by atoms with van der Waals surface area (Å²) < 4.78 is 0.869. The van der Waals surface area contributed by atoms with Crippen LogP contribution in [0.5, 0.6) is 0 Å². The number of amides is 2. The van der Waals surface area contributed by atoms with Crippen LogP contribution in [0.4, 0.5) is 5.69 Å². The van der Waals surface area contributed by atoms with Crippen LogP contribution in [0.1, 0.15) is 12.5 Å². The summed E-state index contributed by atoms with van der Waals surface area (Å²) in [5.74, 6) is -0.921. The molecule has 0 aliphatic heterocycles. The maximum atomic E-state index is 12.0. The number of carbonyl (C=O) groups is 2. The molecule has 0 atom stereocenters. The first-order valence-corrected chi connectivity index (χ1v) is 8.23. The number of halogens is 2. The molecule has 0 radical (unpaired) electrons. The molecule has 1 aromatic carbocycles. The number of aryl methyl sites for hydroxylation is 1. The van der Waals surface area contributed by atoms with Crippen LogP contribution in [-0.4, -0.2) is 28.1 Å². The van der Waals surface area contributed by atoms with E-state index in [9.17, 15) is 14.4 Å². The van der Waals surface area contributed by atoms with Gasteiger partial charge in [0.15, 0.2) is 0 Å². The van der Waals surface area contributed by atoms with E-state index in [0.717, 1.165) is 16.7 Å². The molecular weight excluding hydrogens is 367 g/mol. The summed E-state index contributed by atoms with van der Waals surface area (Å²) >= 11 is 11.4. The smallest absolute Gasteiger partial charge is 0.287 e. The quantitative estimate of drug-likeness (QED) is 0.797. The van der Waals surface area contributed by atoms with E-state index in [-0.39, 0.29) is 29.0 Å². The Kier molecular flexibility index (Phi) is 6.55. The lowest BCUT2D eigenvalue weighted by Gasteiger charge is -2.10. The summed E-state index contributed by atoms with van der Waals surface area (Å²) in [6.45, 7) is 1.39. The average molecular weight is 383 g/mol. The van der Waals surface area contributed by atoms with E-state index in [1.54, 1.807) is 6.07 Å². The molecule has 9 heteroatoms. The lowest BCUT2D eigenvalue weighted by molar-refractivity contribution is -0.124. The number of para-hydroxylation sites is 1. The van der Waals surface area contributed by atoms with Gasteiger partial charge in [0.1, 0.15) is 11.6 Å². The SMILES string of the molecule is CCc1ccccc1NC(=O)CNC(=O)Cn1ncc(Cl)c(Cl)c1=O. The van der Waals surface area contributed by atoms with Gasteiger partial charge in [-0.25, -0.2) is 4.68 Å². The van der Waals surface area contributed by atoms with Crippen molar-refractivity contribution in [2.75, 3.05) is 11.9 Å². The minimum absolute atomic E-state index is 0.0114. The Morgan fingerprint density at radius 3 is 2.64 bits per heavy atom. The van der Waals surface area contributed by atoms with E-state index in [4.69, 9.17) is 23.2 Å². The minimum Gasteiger partial charge on any atom is -0.345 e. The lowest BCUT2D eigenvalue weighted by atomic mass is 10.1. The van der Waals surface area contributed by atoms with Crippen molar-refractivity contribution in [2.24, 2.45) is 0 Å². The number of hydrogen-bond donors (Lipinski definition) is 2. The van der Waals surface area contributed by atoms with Crippen LogP contribution in [0.3, 0.4) is 0 Å². The molecule has 0 saturated carbocycles. The molecule has 0 spiro atoms. The van der Waals surface area contributed by atoms with E-state index >= 15 is 0 Å². The van der Waals surface area contributed by atoms with Gasteiger partial charge in [-0.2, -0.15) is 5.10 Å². The van der Waals surface area contributed by atoms with Gasteiger partial charge in [0.2, 0.25) is 11.8 Å². The Balaban J connectivity index is 1.91. The zero-order chi connectivity index (χ0) is 18.4. The van der Waals surface area contributed by atoms with Crippen LogP contribution in [0.15, 0.2) is 35.3 Å². The second-order valence-electron chi connectivity index (χ2n) is 5.10. The number of aromatic nitrogens is 2. The zero-order valence-electron chi connectivity index (χ0n) is 13.4. The molecule has 2 N–H and O–H groups in total. The van der Waals surface area contributed by atoms with E-state index in [0.29, 0.717) is 5.69 Å². The molecule has 7 nitrogen and oxygen atoms in total. The minimum atomic E-state index is -0.675. The number of carbonyl (C=O) groups excluding carboxylic acids is 2. The lowest BCUT2D eigenvalue weighted by Crippen LogP contribution is -2.38. The van der Waals surface area contributed by atoms with Gasteiger partial charge in [-0.05, 0) is 18.1 Å². The van der Waals surface area contributed by atoms with Gasteiger partial charge in [-0.15, -0.1) is 0 Å². The van der Waals surface area contributed by atoms with Gasteiger partial charge in [0.05, 0.1) is 17.8 Å². The fraction of sp³-hybridized carbons (Fsp3) is 0.250. The first-order valence-electron chi connectivity index (χ1n) is 7.48. The van der Waals surface area contributed by atoms with Gasteiger partial charge < -0.3 is 10.6 Å². The number of nitrogens with zero attached hydrogens (tertiary/aromatic N) is 2. The van der Waals surface area contributed by atoms with E-state index in [1.165, 1.54) is 6.20 Å². The Hall–Kier alpha value is -2.38. The second kappa shape index (κ2) is 8.64. The topological polar surface area (TPSA) is 93.1 Å². The van der Waals surface area contributed by atoms with Gasteiger partial charge >= 0.3 is 0 Å². The molecule has 2 amide bonds. The second-order valence-corrected chi connectivity index (χ2v) is 5.89. The van der Waals surface area contributed by atoms with Crippen LogP contribution in [0, 0.1) is 0 Å². The Bertz CT molecular complexity index is 852. The van der Waals surface area contributed by atoms with E-state index in [1.807, 2.05) is 25.1 Å². The van der Waals surface area contributed by atoms with Crippen molar-refractivity contribution in [3.8, 4) is 0 Å². The third kappa shape index (κ3) is 5.04. The molecule has 1 heterocycles. The van der Waals surface area contributed by atoms with Crippen molar-refractivity contribution >= 4 is 40.7 Å². The number of benzene rings is 1. The van der Waals surface area contributed by atoms with Crippen molar-refractivity contribution < 1.29 is 9.59 Å². The molecule has 132 valence electrons. The first kappa shape index (κ1) is 19.0. The summed E-state index contributed by atoms with van der Waals surface area (Å²) in [7, 11) is 0. The van der Waals surface area contributed by atoms with Gasteiger partial charge in [-0.1, -0.05) is 48.3 Å². The van der Waals surface area contributed by atoms with Gasteiger partial charge in [0, 0.05) is 5.69 Å². The van der Waals surface area contributed by atoms with Crippen molar-refractivity contribution in [3.63, 3.8) is 0 Å². The highest BCUT2D eigenvalue weighted by Crippen LogP contribution is 2.15. The Morgan fingerprint density at radius 2 is 1.92 bits per heavy atom. The van der Waals surface area contributed by atoms with Crippen molar-refractivity contribution in [2.45, 2.75) is 19.9 Å². The van der Waals surface area contributed by atoms with Crippen LogP contribution in [0.2, 0.25) is 10.0 Å². The van der Waals surface area contributed by atoms with Gasteiger partial charge in [-0.3, -0.25) is 14.4 Å². The number of hydrogen-bond acceptors (Lipinski definition) is 4. The summed E-state index contributed by atoms with van der Waals surface area (Å²) in [5, 5.41) is 8.68. The molecule has 25 heavy (non-hydrogen) atoms. The monoisotopic (exact) mass is 382 g/mol. The standard InChI is InChI=1S/C16H16Cl2N4O3/c1-2-10-5-3-4-6-12(10)21-13(23)8-19-14(24)9-22-16(25)15(18)11(17)7-20-22/h3-7H,2,8-9H2,1H3,(H,19,24)(H,21,23). The Labute approximate surface area is 153 Å². The van der Waals surface area contributed by atoms with Crippen molar-refractivity contribution in [1.29, 1.82) is 0 Å². The number of anilines is 1. The molecule has 0 aliphatic rings. The molecule has 0 aliphatic carbocycles. The summed E-state index contributed by atoms with van der Waals surface area (Å²) in [5.41, 5.74) is 1.02. The normalized spacial score (nSPS) is 10.4. The number of rotatable bonds is 6. The predicted molar refractivity (Wildman–Crippen MR) is 96.0 cm³/mol. The average Bonchev–Trinajstić information content (AvgIpc) is 2.61. The van der Waals surface area contributed by atoms with Crippen LogP contribution in [-0.2, 0) is 22.6 Å². The fourth-order valence-electron chi connectivity index (χ4n) is 2.07. The van der Waals surface area contributed by atoms with Crippen molar-refractivity contribution in [3.05, 3.63) is 56.4 Å².